The number of likely N-dealkylation sites (tertiary alicyclic amines) is 1. The molecule has 2 saturated heterocycles. The van der Waals surface area contributed by atoms with E-state index in [9.17, 15) is 4.79 Å². The highest BCUT2D eigenvalue weighted by Gasteiger charge is 2.33. The zero-order valence-electron chi connectivity index (χ0n) is 11.9. The van der Waals surface area contributed by atoms with Crippen molar-refractivity contribution in [2.24, 2.45) is 0 Å². The molecular weight excluding hydrogens is 250 g/mol. The van der Waals surface area contributed by atoms with Crippen LogP contribution in [0.4, 0.5) is 0 Å². The van der Waals surface area contributed by atoms with Gasteiger partial charge in [-0.2, -0.15) is 0 Å². The Morgan fingerprint density at radius 3 is 3.05 bits per heavy atom. The first-order chi connectivity index (χ1) is 9.84. The Kier molecular flexibility index (Phi) is 4.31. The largest absolute Gasteiger partial charge is 0.338 e. The lowest BCUT2D eigenvalue weighted by Crippen LogP contribution is -2.53. The first-order valence-corrected chi connectivity index (χ1v) is 7.76. The van der Waals surface area contributed by atoms with Crippen LogP contribution in [0.5, 0.6) is 0 Å². The Balaban J connectivity index is 1.67. The number of rotatable bonds is 3. The summed E-state index contributed by atoms with van der Waals surface area (Å²) in [5.74, 6) is 0.261. The normalized spacial score (nSPS) is 26.7. The number of amides is 1. The van der Waals surface area contributed by atoms with Gasteiger partial charge in [0.15, 0.2) is 0 Å². The summed E-state index contributed by atoms with van der Waals surface area (Å²) in [5, 5.41) is 3.57. The predicted molar refractivity (Wildman–Crippen MR) is 78.3 cm³/mol. The van der Waals surface area contributed by atoms with Gasteiger partial charge >= 0.3 is 0 Å². The molecule has 0 spiro atoms. The van der Waals surface area contributed by atoms with Crippen LogP contribution < -0.4 is 5.32 Å². The smallest absolute Gasteiger partial charge is 0.227 e. The Morgan fingerprint density at radius 1 is 1.35 bits per heavy atom. The van der Waals surface area contributed by atoms with Crippen LogP contribution in [0.15, 0.2) is 24.5 Å². The van der Waals surface area contributed by atoms with E-state index in [0.29, 0.717) is 18.5 Å². The van der Waals surface area contributed by atoms with E-state index in [-0.39, 0.29) is 5.91 Å². The molecule has 0 saturated carbocycles. The molecule has 0 radical (unpaired) electrons. The number of nitrogens with zero attached hydrogens (tertiary/aromatic N) is 2. The van der Waals surface area contributed by atoms with E-state index in [1.54, 1.807) is 12.4 Å². The van der Waals surface area contributed by atoms with Crippen LogP contribution in [0.2, 0.25) is 0 Å². The monoisotopic (exact) mass is 273 g/mol. The minimum absolute atomic E-state index is 0.261. The van der Waals surface area contributed by atoms with E-state index < -0.39 is 0 Å². The Bertz CT molecular complexity index is 442. The molecule has 4 nitrogen and oxygen atoms in total. The molecular formula is C16H23N3O. The van der Waals surface area contributed by atoms with Gasteiger partial charge < -0.3 is 10.2 Å². The van der Waals surface area contributed by atoms with Crippen LogP contribution >= 0.6 is 0 Å². The Labute approximate surface area is 120 Å². The summed E-state index contributed by atoms with van der Waals surface area (Å²) in [6.07, 6.45) is 10.0. The average molecular weight is 273 g/mol. The van der Waals surface area contributed by atoms with Crippen LogP contribution in [-0.2, 0) is 11.2 Å². The Hall–Kier alpha value is -1.42. The molecule has 1 aromatic rings. The van der Waals surface area contributed by atoms with Crippen molar-refractivity contribution >= 4 is 5.91 Å². The summed E-state index contributed by atoms with van der Waals surface area (Å²) in [5.41, 5.74) is 1.02. The molecule has 1 amide bonds. The van der Waals surface area contributed by atoms with Crippen molar-refractivity contribution in [1.82, 2.24) is 15.2 Å². The third kappa shape index (κ3) is 3.01. The molecule has 3 rings (SSSR count). The SMILES string of the molecule is O=C(Cc1cccnc1)N1CCCCC1C1CCCN1. The van der Waals surface area contributed by atoms with Gasteiger partial charge in [0.2, 0.25) is 5.91 Å². The lowest BCUT2D eigenvalue weighted by Gasteiger charge is -2.39. The van der Waals surface area contributed by atoms with Crippen molar-refractivity contribution in [3.05, 3.63) is 30.1 Å². The first-order valence-electron chi connectivity index (χ1n) is 7.76. The zero-order valence-corrected chi connectivity index (χ0v) is 11.9. The van der Waals surface area contributed by atoms with Crippen molar-refractivity contribution < 1.29 is 4.79 Å². The lowest BCUT2D eigenvalue weighted by molar-refractivity contribution is -0.134. The van der Waals surface area contributed by atoms with Crippen molar-refractivity contribution in [3.63, 3.8) is 0 Å². The number of carbonyl (C=O) groups excluding carboxylic acids is 1. The minimum Gasteiger partial charge on any atom is -0.338 e. The summed E-state index contributed by atoms with van der Waals surface area (Å²) in [7, 11) is 0. The number of hydrogen-bond acceptors (Lipinski definition) is 3. The molecule has 1 aromatic heterocycles. The van der Waals surface area contributed by atoms with Gasteiger partial charge in [-0.1, -0.05) is 6.07 Å². The molecule has 2 aliphatic rings. The maximum Gasteiger partial charge on any atom is 0.227 e. The van der Waals surface area contributed by atoms with E-state index >= 15 is 0 Å². The molecule has 2 aliphatic heterocycles. The third-order valence-corrected chi connectivity index (χ3v) is 4.51. The van der Waals surface area contributed by atoms with Gasteiger partial charge in [-0.3, -0.25) is 9.78 Å². The molecule has 2 atom stereocenters. The lowest BCUT2D eigenvalue weighted by atomic mass is 9.94. The van der Waals surface area contributed by atoms with Crippen LogP contribution in [0.1, 0.15) is 37.7 Å². The molecule has 20 heavy (non-hydrogen) atoms. The van der Waals surface area contributed by atoms with Crippen LogP contribution in [0, 0.1) is 0 Å². The molecule has 2 unspecified atom stereocenters. The van der Waals surface area contributed by atoms with Gasteiger partial charge in [0.05, 0.1) is 6.42 Å². The van der Waals surface area contributed by atoms with Crippen LogP contribution in [0.3, 0.4) is 0 Å². The minimum atomic E-state index is 0.261. The van der Waals surface area contributed by atoms with E-state index in [1.807, 2.05) is 12.1 Å². The summed E-state index contributed by atoms with van der Waals surface area (Å²) in [6.45, 7) is 2.02. The van der Waals surface area contributed by atoms with Gasteiger partial charge in [0.25, 0.3) is 0 Å². The van der Waals surface area contributed by atoms with Crippen molar-refractivity contribution in [3.8, 4) is 0 Å². The van der Waals surface area contributed by atoms with Gasteiger partial charge in [0.1, 0.15) is 0 Å². The molecule has 1 N–H and O–H groups in total. The fourth-order valence-corrected chi connectivity index (χ4v) is 3.50. The number of carbonyl (C=O) groups is 1. The number of pyridine rings is 1. The van der Waals surface area contributed by atoms with E-state index in [1.165, 1.54) is 19.3 Å². The molecule has 0 aliphatic carbocycles. The second-order valence-electron chi connectivity index (χ2n) is 5.89. The number of aromatic nitrogens is 1. The first kappa shape index (κ1) is 13.6. The Morgan fingerprint density at radius 2 is 2.30 bits per heavy atom. The highest BCUT2D eigenvalue weighted by molar-refractivity contribution is 5.79. The highest BCUT2D eigenvalue weighted by atomic mass is 16.2. The topological polar surface area (TPSA) is 45.2 Å². The fraction of sp³-hybridized carbons (Fsp3) is 0.625. The second-order valence-corrected chi connectivity index (χ2v) is 5.89. The standard InChI is InChI=1S/C16H23N3O/c20-16(11-13-5-3-8-17-12-13)19-10-2-1-7-15(19)14-6-4-9-18-14/h3,5,8,12,14-15,18H,1-2,4,6-7,9-11H2. The number of nitrogens with one attached hydrogen (secondary N) is 1. The van der Waals surface area contributed by atoms with Crippen molar-refractivity contribution in [1.29, 1.82) is 0 Å². The maximum absolute atomic E-state index is 12.6. The summed E-state index contributed by atoms with van der Waals surface area (Å²) < 4.78 is 0. The van der Waals surface area contributed by atoms with Gasteiger partial charge in [0, 0.05) is 31.0 Å². The van der Waals surface area contributed by atoms with Crippen LogP contribution in [0.25, 0.3) is 0 Å². The predicted octanol–water partition coefficient (Wildman–Crippen LogP) is 1.76. The summed E-state index contributed by atoms with van der Waals surface area (Å²) in [4.78, 5) is 18.8. The summed E-state index contributed by atoms with van der Waals surface area (Å²) in [6, 6.07) is 4.79. The highest BCUT2D eigenvalue weighted by Crippen LogP contribution is 2.24. The molecule has 0 bridgehead atoms. The van der Waals surface area contributed by atoms with E-state index in [2.05, 4.69) is 15.2 Å². The maximum atomic E-state index is 12.6. The summed E-state index contributed by atoms with van der Waals surface area (Å²) >= 11 is 0. The fourth-order valence-electron chi connectivity index (χ4n) is 3.50. The molecule has 4 heteroatoms. The number of hydrogen-bond donors (Lipinski definition) is 1. The molecule has 108 valence electrons. The average Bonchev–Trinajstić information content (AvgIpc) is 3.02. The quantitative estimate of drug-likeness (QED) is 0.912. The number of piperidine rings is 1. The second kappa shape index (κ2) is 6.35. The molecule has 2 fully saturated rings. The van der Waals surface area contributed by atoms with Crippen molar-refractivity contribution in [2.75, 3.05) is 13.1 Å². The van der Waals surface area contributed by atoms with Gasteiger partial charge in [-0.15, -0.1) is 0 Å². The molecule has 0 aromatic carbocycles. The van der Waals surface area contributed by atoms with Crippen molar-refractivity contribution in [2.45, 2.75) is 50.6 Å². The van der Waals surface area contributed by atoms with Gasteiger partial charge in [-0.05, 0) is 50.3 Å². The van der Waals surface area contributed by atoms with Gasteiger partial charge in [-0.25, -0.2) is 0 Å². The van der Waals surface area contributed by atoms with E-state index in [4.69, 9.17) is 0 Å². The van der Waals surface area contributed by atoms with Crippen LogP contribution in [-0.4, -0.2) is 41.0 Å². The third-order valence-electron chi connectivity index (χ3n) is 4.51. The zero-order chi connectivity index (χ0) is 13.8. The molecule has 3 heterocycles. The van der Waals surface area contributed by atoms with E-state index in [0.717, 1.165) is 31.5 Å².